The van der Waals surface area contributed by atoms with Crippen LogP contribution in [0.15, 0.2) is 53.7 Å². The van der Waals surface area contributed by atoms with Gasteiger partial charge >= 0.3 is 0 Å². The van der Waals surface area contributed by atoms with Gasteiger partial charge in [0, 0.05) is 16.9 Å². The molecule has 0 aliphatic heterocycles. The molecule has 18 heavy (non-hydrogen) atoms. The third-order valence-corrected chi connectivity index (χ3v) is 2.40. The summed E-state index contributed by atoms with van der Waals surface area (Å²) < 4.78 is 0. The average molecular weight is 241 g/mol. The van der Waals surface area contributed by atoms with Crippen LogP contribution in [-0.2, 0) is 0 Å². The molecule has 0 saturated heterocycles. The van der Waals surface area contributed by atoms with E-state index in [0.717, 1.165) is 0 Å². The first-order valence-electron chi connectivity index (χ1n) is 5.29. The summed E-state index contributed by atoms with van der Waals surface area (Å²) in [4.78, 5) is 22.1. The molecule has 0 aromatic heterocycles. The second kappa shape index (κ2) is 5.09. The summed E-state index contributed by atoms with van der Waals surface area (Å²) in [5, 5.41) is 5.49. The molecule has 0 bridgehead atoms. The SMILES string of the molecule is Nc1ccc(NC(=O)c2ccc(N=O)cc2)cc1. The standard InChI is InChI=1S/C13H11N3O2/c14-10-3-7-11(8-4-10)15-13(17)9-1-5-12(16-18)6-2-9/h1-8H,14H2,(H,15,17). The van der Waals surface area contributed by atoms with Crippen molar-refractivity contribution in [2.45, 2.75) is 0 Å². The van der Waals surface area contributed by atoms with Crippen molar-refractivity contribution in [2.24, 2.45) is 5.18 Å². The van der Waals surface area contributed by atoms with Gasteiger partial charge in [0.15, 0.2) is 0 Å². The Bertz CT molecular complexity index is 562. The molecular formula is C13H11N3O2. The highest BCUT2D eigenvalue weighted by atomic mass is 16.3. The van der Waals surface area contributed by atoms with E-state index in [9.17, 15) is 9.70 Å². The van der Waals surface area contributed by atoms with Gasteiger partial charge in [0.2, 0.25) is 0 Å². The molecule has 0 fully saturated rings. The minimum Gasteiger partial charge on any atom is -0.399 e. The van der Waals surface area contributed by atoms with E-state index >= 15 is 0 Å². The maximum Gasteiger partial charge on any atom is 0.255 e. The highest BCUT2D eigenvalue weighted by molar-refractivity contribution is 6.04. The molecule has 5 heteroatoms. The fraction of sp³-hybridized carbons (Fsp3) is 0. The van der Waals surface area contributed by atoms with Crippen molar-refractivity contribution in [1.82, 2.24) is 0 Å². The van der Waals surface area contributed by atoms with Gasteiger partial charge in [-0.1, -0.05) is 0 Å². The van der Waals surface area contributed by atoms with Gasteiger partial charge in [-0.3, -0.25) is 4.79 Å². The van der Waals surface area contributed by atoms with E-state index < -0.39 is 0 Å². The lowest BCUT2D eigenvalue weighted by Crippen LogP contribution is -2.11. The number of nitrogens with two attached hydrogens (primary N) is 1. The van der Waals surface area contributed by atoms with Crippen LogP contribution in [0.4, 0.5) is 17.1 Å². The third kappa shape index (κ3) is 2.70. The summed E-state index contributed by atoms with van der Waals surface area (Å²) in [5.74, 6) is -0.253. The normalized spacial score (nSPS) is 9.78. The molecule has 5 nitrogen and oxygen atoms in total. The van der Waals surface area contributed by atoms with Crippen molar-refractivity contribution in [2.75, 3.05) is 11.1 Å². The van der Waals surface area contributed by atoms with Gasteiger partial charge in [0.05, 0.1) is 0 Å². The van der Waals surface area contributed by atoms with Crippen molar-refractivity contribution in [3.8, 4) is 0 Å². The maximum atomic E-state index is 11.8. The van der Waals surface area contributed by atoms with Gasteiger partial charge < -0.3 is 11.1 Å². The summed E-state index contributed by atoms with van der Waals surface area (Å²) in [6.45, 7) is 0. The Morgan fingerprint density at radius 3 is 2.17 bits per heavy atom. The Morgan fingerprint density at radius 2 is 1.61 bits per heavy atom. The second-order valence-electron chi connectivity index (χ2n) is 3.71. The smallest absolute Gasteiger partial charge is 0.255 e. The van der Waals surface area contributed by atoms with Crippen molar-refractivity contribution >= 4 is 23.0 Å². The Labute approximate surface area is 104 Å². The summed E-state index contributed by atoms with van der Waals surface area (Å²) in [7, 11) is 0. The second-order valence-corrected chi connectivity index (χ2v) is 3.71. The predicted octanol–water partition coefficient (Wildman–Crippen LogP) is 2.92. The number of hydrogen-bond donors (Lipinski definition) is 2. The molecule has 2 aromatic rings. The van der Waals surface area contributed by atoms with Crippen molar-refractivity contribution in [1.29, 1.82) is 0 Å². The van der Waals surface area contributed by atoms with E-state index in [0.29, 0.717) is 22.6 Å². The zero-order chi connectivity index (χ0) is 13.0. The van der Waals surface area contributed by atoms with Crippen LogP contribution < -0.4 is 11.1 Å². The van der Waals surface area contributed by atoms with Crippen LogP contribution in [0.2, 0.25) is 0 Å². The third-order valence-electron chi connectivity index (χ3n) is 2.40. The van der Waals surface area contributed by atoms with Crippen LogP contribution >= 0.6 is 0 Å². The van der Waals surface area contributed by atoms with E-state index in [1.54, 1.807) is 36.4 Å². The topological polar surface area (TPSA) is 84.5 Å². The first kappa shape index (κ1) is 11.8. The molecule has 0 aliphatic rings. The van der Waals surface area contributed by atoms with Crippen molar-refractivity contribution < 1.29 is 4.79 Å². The summed E-state index contributed by atoms with van der Waals surface area (Å²) >= 11 is 0. The van der Waals surface area contributed by atoms with Crippen LogP contribution in [0, 0.1) is 4.91 Å². The summed E-state index contributed by atoms with van der Waals surface area (Å²) in [6, 6.07) is 12.9. The Balaban J connectivity index is 2.11. The highest BCUT2D eigenvalue weighted by Gasteiger charge is 2.05. The van der Waals surface area contributed by atoms with Crippen LogP contribution in [0.25, 0.3) is 0 Å². The zero-order valence-corrected chi connectivity index (χ0v) is 9.46. The van der Waals surface area contributed by atoms with Gasteiger partial charge in [-0.05, 0) is 53.7 Å². The summed E-state index contributed by atoms with van der Waals surface area (Å²) in [6.07, 6.45) is 0. The van der Waals surface area contributed by atoms with Gasteiger partial charge in [-0.15, -0.1) is 4.91 Å². The monoisotopic (exact) mass is 241 g/mol. The van der Waals surface area contributed by atoms with Crippen LogP contribution in [0.1, 0.15) is 10.4 Å². The molecule has 0 atom stereocenters. The number of anilines is 2. The van der Waals surface area contributed by atoms with Crippen molar-refractivity contribution in [3.05, 3.63) is 59.0 Å². The molecule has 2 rings (SSSR count). The lowest BCUT2D eigenvalue weighted by molar-refractivity contribution is 0.102. The minimum atomic E-state index is -0.253. The zero-order valence-electron chi connectivity index (χ0n) is 9.46. The number of nitrogen functional groups attached to an aromatic ring is 1. The number of nitroso groups, excluding NO2 is 1. The molecule has 90 valence electrons. The van der Waals surface area contributed by atoms with Gasteiger partial charge in [-0.25, -0.2) is 0 Å². The molecule has 0 radical (unpaired) electrons. The van der Waals surface area contributed by atoms with Gasteiger partial charge in [0.1, 0.15) is 5.69 Å². The molecule has 1 amide bonds. The number of nitrogens with zero attached hydrogens (tertiary/aromatic N) is 1. The average Bonchev–Trinajstić information content (AvgIpc) is 2.41. The van der Waals surface area contributed by atoms with Crippen LogP contribution in [0.3, 0.4) is 0 Å². The van der Waals surface area contributed by atoms with Gasteiger partial charge in [-0.2, -0.15) is 0 Å². The Kier molecular flexibility index (Phi) is 3.33. The van der Waals surface area contributed by atoms with E-state index in [2.05, 4.69) is 10.5 Å². The number of carbonyl (C=O) groups is 1. The number of benzene rings is 2. The molecule has 0 saturated carbocycles. The molecule has 0 aliphatic carbocycles. The Morgan fingerprint density at radius 1 is 1.00 bits per heavy atom. The van der Waals surface area contributed by atoms with E-state index in [1.807, 2.05) is 0 Å². The molecular weight excluding hydrogens is 230 g/mol. The van der Waals surface area contributed by atoms with Gasteiger partial charge in [0.25, 0.3) is 5.91 Å². The fourth-order valence-electron chi connectivity index (χ4n) is 1.44. The first-order chi connectivity index (χ1) is 8.69. The molecule has 3 N–H and O–H groups in total. The number of hydrogen-bond acceptors (Lipinski definition) is 4. The molecule has 0 unspecified atom stereocenters. The quantitative estimate of drug-likeness (QED) is 0.640. The van der Waals surface area contributed by atoms with E-state index in [4.69, 9.17) is 5.73 Å². The first-order valence-corrected chi connectivity index (χ1v) is 5.29. The fourth-order valence-corrected chi connectivity index (χ4v) is 1.44. The lowest BCUT2D eigenvalue weighted by Gasteiger charge is -2.05. The molecule has 0 spiro atoms. The summed E-state index contributed by atoms with van der Waals surface area (Å²) in [5.41, 5.74) is 7.59. The highest BCUT2D eigenvalue weighted by Crippen LogP contribution is 2.15. The van der Waals surface area contributed by atoms with E-state index in [-0.39, 0.29) is 5.91 Å². The van der Waals surface area contributed by atoms with E-state index in [1.165, 1.54) is 12.1 Å². The van der Waals surface area contributed by atoms with Crippen LogP contribution in [0.5, 0.6) is 0 Å². The number of amides is 1. The van der Waals surface area contributed by atoms with Crippen molar-refractivity contribution in [3.63, 3.8) is 0 Å². The minimum absolute atomic E-state index is 0.253. The number of nitrogens with one attached hydrogen (secondary N) is 1. The molecule has 0 heterocycles. The predicted molar refractivity (Wildman–Crippen MR) is 70.7 cm³/mol. The maximum absolute atomic E-state index is 11.8. The lowest BCUT2D eigenvalue weighted by atomic mass is 10.2. The largest absolute Gasteiger partial charge is 0.399 e. The Hall–Kier alpha value is -2.69. The molecule has 2 aromatic carbocycles. The number of carbonyl (C=O) groups excluding carboxylic acids is 1. The van der Waals surface area contributed by atoms with Crippen LogP contribution in [-0.4, -0.2) is 5.91 Å². The number of rotatable bonds is 3.